The Hall–Kier alpha value is -2.11. The maximum atomic E-state index is 13.1. The van der Waals surface area contributed by atoms with Gasteiger partial charge >= 0.3 is 0 Å². The lowest BCUT2D eigenvalue weighted by Gasteiger charge is -2.36. The van der Waals surface area contributed by atoms with Gasteiger partial charge in [-0.3, -0.25) is 4.79 Å². The highest BCUT2D eigenvalue weighted by molar-refractivity contribution is 7.86. The van der Waals surface area contributed by atoms with Crippen molar-refractivity contribution < 1.29 is 22.7 Å². The standard InChI is InChI=1S/C20H26N4O5S/c1-22(2)20(25)16-13-18(21-17-6-4-3-5-15(16)17)19-14-24(9-12-29-19)30(26,27)23-7-10-28-11-8-23/h3-6,13,19H,7-12,14H2,1-2H3/t19-/m0/s1. The van der Waals surface area contributed by atoms with Crippen LogP contribution in [0.5, 0.6) is 0 Å². The first-order chi connectivity index (χ1) is 14.4. The number of amides is 1. The Bertz CT molecular complexity index is 1040. The quantitative estimate of drug-likeness (QED) is 0.710. The fraction of sp³-hybridized carbons (Fsp3) is 0.500. The Morgan fingerprint density at radius 3 is 2.53 bits per heavy atom. The second-order valence-electron chi connectivity index (χ2n) is 7.55. The Morgan fingerprint density at radius 1 is 1.10 bits per heavy atom. The molecule has 0 bridgehead atoms. The van der Waals surface area contributed by atoms with Crippen molar-refractivity contribution in [2.24, 2.45) is 0 Å². The molecule has 1 aromatic carbocycles. The molecule has 0 spiro atoms. The average molecular weight is 435 g/mol. The summed E-state index contributed by atoms with van der Waals surface area (Å²) in [6.45, 7) is 2.19. The van der Waals surface area contributed by atoms with Crippen molar-refractivity contribution in [3.63, 3.8) is 0 Å². The molecule has 9 nitrogen and oxygen atoms in total. The van der Waals surface area contributed by atoms with E-state index in [1.165, 1.54) is 13.5 Å². The molecule has 3 heterocycles. The first-order valence-corrected chi connectivity index (χ1v) is 11.3. The summed E-state index contributed by atoms with van der Waals surface area (Å²) in [4.78, 5) is 19.0. The molecule has 30 heavy (non-hydrogen) atoms. The highest BCUT2D eigenvalue weighted by atomic mass is 32.2. The van der Waals surface area contributed by atoms with E-state index in [0.29, 0.717) is 43.1 Å². The number of hydrogen-bond acceptors (Lipinski definition) is 6. The van der Waals surface area contributed by atoms with Crippen LogP contribution in [0.3, 0.4) is 0 Å². The Balaban J connectivity index is 1.66. The SMILES string of the molecule is CN(C)C(=O)c1cc([C@@H]2CN(S(=O)(=O)N3CCOCC3)CCO2)nc2ccccc12. The molecule has 10 heteroatoms. The summed E-state index contributed by atoms with van der Waals surface area (Å²) < 4.78 is 40.2. The van der Waals surface area contributed by atoms with Gasteiger partial charge in [0.05, 0.1) is 36.6 Å². The van der Waals surface area contributed by atoms with E-state index in [1.54, 1.807) is 20.2 Å². The van der Waals surface area contributed by atoms with Crippen LogP contribution < -0.4 is 0 Å². The fourth-order valence-electron chi connectivity index (χ4n) is 3.73. The zero-order valence-corrected chi connectivity index (χ0v) is 18.0. The van der Waals surface area contributed by atoms with Crippen molar-refractivity contribution in [1.29, 1.82) is 0 Å². The van der Waals surface area contributed by atoms with Gasteiger partial charge in [-0.1, -0.05) is 18.2 Å². The number of para-hydroxylation sites is 1. The van der Waals surface area contributed by atoms with E-state index in [9.17, 15) is 13.2 Å². The van der Waals surface area contributed by atoms with Crippen molar-refractivity contribution in [1.82, 2.24) is 18.5 Å². The van der Waals surface area contributed by atoms with Gasteiger partial charge in [0.15, 0.2) is 0 Å². The van der Waals surface area contributed by atoms with Crippen LogP contribution in [-0.2, 0) is 19.7 Å². The minimum Gasteiger partial charge on any atom is -0.379 e. The molecule has 2 aromatic rings. The number of rotatable bonds is 4. The molecule has 0 unspecified atom stereocenters. The predicted molar refractivity (Wildman–Crippen MR) is 111 cm³/mol. The molecular formula is C20H26N4O5S. The molecule has 2 aliphatic heterocycles. The summed E-state index contributed by atoms with van der Waals surface area (Å²) in [6.07, 6.45) is -0.548. The van der Waals surface area contributed by atoms with Crippen LogP contribution in [0.4, 0.5) is 0 Å². The first kappa shape index (κ1) is 21.1. The van der Waals surface area contributed by atoms with E-state index in [1.807, 2.05) is 24.3 Å². The highest BCUT2D eigenvalue weighted by Crippen LogP contribution is 2.28. The molecule has 2 fully saturated rings. The lowest BCUT2D eigenvalue weighted by Crippen LogP contribution is -2.52. The van der Waals surface area contributed by atoms with Gasteiger partial charge in [-0.15, -0.1) is 0 Å². The van der Waals surface area contributed by atoms with Gasteiger partial charge in [0, 0.05) is 45.7 Å². The van der Waals surface area contributed by atoms with Crippen molar-refractivity contribution >= 4 is 27.0 Å². The van der Waals surface area contributed by atoms with Gasteiger partial charge in [0.2, 0.25) is 0 Å². The van der Waals surface area contributed by atoms with Crippen LogP contribution >= 0.6 is 0 Å². The van der Waals surface area contributed by atoms with Gasteiger partial charge in [-0.2, -0.15) is 17.0 Å². The lowest BCUT2D eigenvalue weighted by atomic mass is 10.0. The van der Waals surface area contributed by atoms with E-state index in [0.717, 1.165) is 5.39 Å². The van der Waals surface area contributed by atoms with Crippen molar-refractivity contribution in [2.45, 2.75) is 6.10 Å². The summed E-state index contributed by atoms with van der Waals surface area (Å²) in [5.41, 5.74) is 1.76. The topological polar surface area (TPSA) is 92.3 Å². The fourth-order valence-corrected chi connectivity index (χ4v) is 5.30. The number of morpholine rings is 2. The predicted octanol–water partition coefficient (Wildman–Crippen LogP) is 0.887. The second kappa shape index (κ2) is 8.56. The van der Waals surface area contributed by atoms with Crippen LogP contribution in [-0.4, -0.2) is 92.9 Å². The number of ether oxygens (including phenoxy) is 2. The van der Waals surface area contributed by atoms with E-state index in [-0.39, 0.29) is 25.6 Å². The third kappa shape index (κ3) is 4.06. The molecule has 162 valence electrons. The first-order valence-electron chi connectivity index (χ1n) is 9.94. The summed E-state index contributed by atoms with van der Waals surface area (Å²) >= 11 is 0. The number of carbonyl (C=O) groups excluding carboxylic acids is 1. The van der Waals surface area contributed by atoms with Gasteiger partial charge in [-0.25, -0.2) is 4.98 Å². The van der Waals surface area contributed by atoms with Gasteiger partial charge in [-0.05, 0) is 12.1 Å². The van der Waals surface area contributed by atoms with Crippen LogP contribution in [0.15, 0.2) is 30.3 Å². The number of benzene rings is 1. The number of aromatic nitrogens is 1. The third-order valence-electron chi connectivity index (χ3n) is 5.35. The molecule has 0 aliphatic carbocycles. The summed E-state index contributed by atoms with van der Waals surface area (Å²) in [5.74, 6) is -0.136. The lowest BCUT2D eigenvalue weighted by molar-refractivity contribution is -0.00831. The number of hydrogen-bond donors (Lipinski definition) is 0. The molecule has 4 rings (SSSR count). The molecule has 2 aliphatic rings. The second-order valence-corrected chi connectivity index (χ2v) is 9.48. The summed E-state index contributed by atoms with van der Waals surface area (Å²) in [5, 5.41) is 0.758. The molecular weight excluding hydrogens is 408 g/mol. The molecule has 1 amide bonds. The maximum absolute atomic E-state index is 13.1. The molecule has 0 saturated carbocycles. The Morgan fingerprint density at radius 2 is 1.80 bits per heavy atom. The van der Waals surface area contributed by atoms with E-state index in [4.69, 9.17) is 9.47 Å². The van der Waals surface area contributed by atoms with Crippen LogP contribution in [0.1, 0.15) is 22.2 Å². The number of pyridine rings is 1. The van der Waals surface area contributed by atoms with Gasteiger partial charge in [0.1, 0.15) is 6.10 Å². The average Bonchev–Trinajstić information content (AvgIpc) is 2.78. The number of nitrogens with zero attached hydrogens (tertiary/aromatic N) is 4. The number of fused-ring (bicyclic) bond motifs is 1. The Kier molecular flexibility index (Phi) is 6.03. The third-order valence-corrected chi connectivity index (χ3v) is 7.36. The number of carbonyl (C=O) groups is 1. The van der Waals surface area contributed by atoms with Crippen molar-refractivity contribution in [2.75, 3.05) is 60.1 Å². The molecule has 2 saturated heterocycles. The normalized spacial score (nSPS) is 21.6. The monoisotopic (exact) mass is 434 g/mol. The van der Waals surface area contributed by atoms with E-state index < -0.39 is 16.3 Å². The van der Waals surface area contributed by atoms with Crippen LogP contribution in [0.2, 0.25) is 0 Å². The largest absolute Gasteiger partial charge is 0.379 e. The molecule has 0 N–H and O–H groups in total. The maximum Gasteiger partial charge on any atom is 0.282 e. The summed E-state index contributed by atoms with van der Waals surface area (Å²) in [6, 6.07) is 9.15. The van der Waals surface area contributed by atoms with Crippen LogP contribution in [0.25, 0.3) is 10.9 Å². The minimum atomic E-state index is -3.60. The molecule has 1 atom stereocenters. The molecule has 1 aromatic heterocycles. The van der Waals surface area contributed by atoms with Crippen LogP contribution in [0, 0.1) is 0 Å². The van der Waals surface area contributed by atoms with Crippen molar-refractivity contribution in [3.8, 4) is 0 Å². The molecule has 0 radical (unpaired) electrons. The summed E-state index contributed by atoms with van der Waals surface area (Å²) in [7, 11) is -0.206. The zero-order chi connectivity index (χ0) is 21.3. The van der Waals surface area contributed by atoms with E-state index >= 15 is 0 Å². The zero-order valence-electron chi connectivity index (χ0n) is 17.2. The van der Waals surface area contributed by atoms with Gasteiger partial charge in [0.25, 0.3) is 16.1 Å². The smallest absolute Gasteiger partial charge is 0.282 e. The van der Waals surface area contributed by atoms with Crippen molar-refractivity contribution in [3.05, 3.63) is 41.6 Å². The van der Waals surface area contributed by atoms with Gasteiger partial charge < -0.3 is 14.4 Å². The van der Waals surface area contributed by atoms with E-state index in [2.05, 4.69) is 4.98 Å². The highest BCUT2D eigenvalue weighted by Gasteiger charge is 2.36. The Labute approximate surface area is 176 Å². The minimum absolute atomic E-state index is 0.136.